The summed E-state index contributed by atoms with van der Waals surface area (Å²) in [6.07, 6.45) is 1.91. The quantitative estimate of drug-likeness (QED) is 0.881. The van der Waals surface area contributed by atoms with Crippen LogP contribution in [0.15, 0.2) is 54.6 Å². The highest BCUT2D eigenvalue weighted by atomic mass is 16.5. The van der Waals surface area contributed by atoms with Gasteiger partial charge in [0.1, 0.15) is 5.75 Å². The van der Waals surface area contributed by atoms with Crippen molar-refractivity contribution in [2.45, 2.75) is 25.4 Å². The van der Waals surface area contributed by atoms with Gasteiger partial charge in [-0.2, -0.15) is 0 Å². The monoisotopic (exact) mass is 282 g/mol. The van der Waals surface area contributed by atoms with Crippen molar-refractivity contribution in [2.24, 2.45) is 5.92 Å². The molecule has 0 radical (unpaired) electrons. The zero-order valence-corrected chi connectivity index (χ0v) is 11.7. The van der Waals surface area contributed by atoms with Crippen LogP contribution in [0, 0.1) is 5.92 Å². The van der Waals surface area contributed by atoms with Crippen LogP contribution in [0.25, 0.3) is 0 Å². The van der Waals surface area contributed by atoms with Gasteiger partial charge in [-0.15, -0.1) is 0 Å². The SMILES string of the molecule is O=C(O)C(Oc1ccccc1Cc1ccccc1)C1CC1. The molecule has 0 saturated heterocycles. The Balaban J connectivity index is 1.80. The third-order valence-corrected chi connectivity index (χ3v) is 3.76. The molecule has 1 saturated carbocycles. The fraction of sp³-hybridized carbons (Fsp3) is 0.278. The molecular formula is C18H18O3. The van der Waals surface area contributed by atoms with E-state index >= 15 is 0 Å². The van der Waals surface area contributed by atoms with Crippen molar-refractivity contribution in [2.75, 3.05) is 0 Å². The molecule has 108 valence electrons. The minimum Gasteiger partial charge on any atom is -0.478 e. The van der Waals surface area contributed by atoms with Gasteiger partial charge < -0.3 is 9.84 Å². The zero-order chi connectivity index (χ0) is 14.7. The average Bonchev–Trinajstić information content (AvgIpc) is 3.31. The summed E-state index contributed by atoms with van der Waals surface area (Å²) < 4.78 is 5.80. The first-order valence-corrected chi connectivity index (χ1v) is 7.25. The van der Waals surface area contributed by atoms with E-state index in [1.165, 1.54) is 5.56 Å². The normalized spacial score (nSPS) is 15.4. The summed E-state index contributed by atoms with van der Waals surface area (Å²) in [6, 6.07) is 17.8. The van der Waals surface area contributed by atoms with Crippen molar-refractivity contribution in [3.63, 3.8) is 0 Å². The molecule has 1 fully saturated rings. The lowest BCUT2D eigenvalue weighted by Crippen LogP contribution is -2.29. The molecule has 2 aromatic rings. The second kappa shape index (κ2) is 6.00. The molecule has 0 bridgehead atoms. The number of carbonyl (C=O) groups is 1. The molecule has 0 heterocycles. The van der Waals surface area contributed by atoms with Gasteiger partial charge in [0, 0.05) is 12.3 Å². The molecule has 2 aromatic carbocycles. The first-order valence-electron chi connectivity index (χ1n) is 7.25. The van der Waals surface area contributed by atoms with Gasteiger partial charge in [-0.25, -0.2) is 4.79 Å². The summed E-state index contributed by atoms with van der Waals surface area (Å²) in [5.74, 6) is -0.0278. The Morgan fingerprint density at radius 3 is 2.43 bits per heavy atom. The maximum Gasteiger partial charge on any atom is 0.345 e. The van der Waals surface area contributed by atoms with Gasteiger partial charge >= 0.3 is 5.97 Å². The van der Waals surface area contributed by atoms with Gasteiger partial charge in [-0.1, -0.05) is 48.5 Å². The topological polar surface area (TPSA) is 46.5 Å². The van der Waals surface area contributed by atoms with Gasteiger partial charge in [0.2, 0.25) is 0 Å². The molecule has 1 aliphatic carbocycles. The lowest BCUT2D eigenvalue weighted by molar-refractivity contribution is -0.146. The first kappa shape index (κ1) is 13.7. The molecule has 3 rings (SSSR count). The number of carboxylic acid groups (broad SMARTS) is 1. The van der Waals surface area contributed by atoms with Crippen LogP contribution in [0.2, 0.25) is 0 Å². The van der Waals surface area contributed by atoms with E-state index in [1.807, 2.05) is 42.5 Å². The minimum atomic E-state index is -0.869. The lowest BCUT2D eigenvalue weighted by atomic mass is 10.0. The van der Waals surface area contributed by atoms with Gasteiger partial charge in [0.25, 0.3) is 0 Å². The molecule has 21 heavy (non-hydrogen) atoms. The van der Waals surface area contributed by atoms with E-state index in [0.29, 0.717) is 5.75 Å². The van der Waals surface area contributed by atoms with E-state index in [1.54, 1.807) is 0 Å². The van der Waals surface area contributed by atoms with Crippen LogP contribution >= 0.6 is 0 Å². The van der Waals surface area contributed by atoms with E-state index in [0.717, 1.165) is 24.8 Å². The van der Waals surface area contributed by atoms with E-state index < -0.39 is 12.1 Å². The largest absolute Gasteiger partial charge is 0.478 e. The van der Waals surface area contributed by atoms with Gasteiger partial charge in [-0.05, 0) is 30.0 Å². The maximum atomic E-state index is 11.3. The molecule has 0 aliphatic heterocycles. The summed E-state index contributed by atoms with van der Waals surface area (Å²) in [4.78, 5) is 11.3. The van der Waals surface area contributed by atoms with Crippen LogP contribution in [-0.2, 0) is 11.2 Å². The second-order valence-electron chi connectivity index (χ2n) is 5.48. The Hall–Kier alpha value is -2.29. The van der Waals surface area contributed by atoms with Crippen molar-refractivity contribution < 1.29 is 14.6 Å². The van der Waals surface area contributed by atoms with Gasteiger partial charge in [0.15, 0.2) is 6.10 Å². The number of para-hydroxylation sites is 1. The van der Waals surface area contributed by atoms with Crippen molar-refractivity contribution >= 4 is 5.97 Å². The van der Waals surface area contributed by atoms with Crippen LogP contribution in [0.3, 0.4) is 0 Å². The number of hydrogen-bond donors (Lipinski definition) is 1. The lowest BCUT2D eigenvalue weighted by Gasteiger charge is -2.17. The molecule has 0 amide bonds. The van der Waals surface area contributed by atoms with Crippen molar-refractivity contribution in [3.05, 3.63) is 65.7 Å². The third kappa shape index (κ3) is 3.43. The minimum absolute atomic E-state index is 0.160. The van der Waals surface area contributed by atoms with Crippen molar-refractivity contribution in [1.82, 2.24) is 0 Å². The number of carboxylic acids is 1. The van der Waals surface area contributed by atoms with Crippen LogP contribution in [0.1, 0.15) is 24.0 Å². The zero-order valence-electron chi connectivity index (χ0n) is 11.7. The molecule has 3 nitrogen and oxygen atoms in total. The summed E-state index contributed by atoms with van der Waals surface area (Å²) in [6.45, 7) is 0. The average molecular weight is 282 g/mol. The second-order valence-corrected chi connectivity index (χ2v) is 5.48. The molecule has 0 spiro atoms. The summed E-state index contributed by atoms with van der Waals surface area (Å²) in [7, 11) is 0. The molecule has 1 atom stereocenters. The molecule has 1 aliphatic rings. The molecular weight excluding hydrogens is 264 g/mol. The predicted octanol–water partition coefficient (Wildman–Crippen LogP) is 3.52. The van der Waals surface area contributed by atoms with Crippen LogP contribution < -0.4 is 4.74 Å². The fourth-order valence-electron chi connectivity index (χ4n) is 2.46. The van der Waals surface area contributed by atoms with Crippen LogP contribution in [-0.4, -0.2) is 17.2 Å². The maximum absolute atomic E-state index is 11.3. The van der Waals surface area contributed by atoms with Gasteiger partial charge in [0.05, 0.1) is 0 Å². The third-order valence-electron chi connectivity index (χ3n) is 3.76. The van der Waals surface area contributed by atoms with E-state index in [2.05, 4.69) is 12.1 Å². The fourth-order valence-corrected chi connectivity index (χ4v) is 2.46. The predicted molar refractivity (Wildman–Crippen MR) is 80.5 cm³/mol. The first-order chi connectivity index (χ1) is 10.2. The standard InChI is InChI=1S/C18H18O3/c19-18(20)17(14-10-11-14)21-16-9-5-4-8-15(16)12-13-6-2-1-3-7-13/h1-9,14,17H,10-12H2,(H,19,20). The van der Waals surface area contributed by atoms with E-state index in [4.69, 9.17) is 4.74 Å². The Bertz CT molecular complexity index is 617. The molecule has 0 aromatic heterocycles. The Labute approximate surface area is 124 Å². The number of ether oxygens (including phenoxy) is 1. The summed E-state index contributed by atoms with van der Waals surface area (Å²) in [5, 5.41) is 9.30. The Morgan fingerprint density at radius 1 is 1.10 bits per heavy atom. The van der Waals surface area contributed by atoms with Crippen molar-refractivity contribution in [1.29, 1.82) is 0 Å². The van der Waals surface area contributed by atoms with E-state index in [9.17, 15) is 9.90 Å². The number of aliphatic carboxylic acids is 1. The highest BCUT2D eigenvalue weighted by Gasteiger charge is 2.38. The number of benzene rings is 2. The Morgan fingerprint density at radius 2 is 1.76 bits per heavy atom. The number of rotatable bonds is 6. The van der Waals surface area contributed by atoms with Crippen LogP contribution in [0.5, 0.6) is 5.75 Å². The van der Waals surface area contributed by atoms with Crippen LogP contribution in [0.4, 0.5) is 0 Å². The summed E-state index contributed by atoms with van der Waals surface area (Å²) >= 11 is 0. The van der Waals surface area contributed by atoms with E-state index in [-0.39, 0.29) is 5.92 Å². The Kier molecular flexibility index (Phi) is 3.91. The number of hydrogen-bond acceptors (Lipinski definition) is 2. The molecule has 1 N–H and O–H groups in total. The highest BCUT2D eigenvalue weighted by Crippen LogP contribution is 2.36. The molecule has 3 heteroatoms. The van der Waals surface area contributed by atoms with Crippen molar-refractivity contribution in [3.8, 4) is 5.75 Å². The molecule has 1 unspecified atom stereocenters. The highest BCUT2D eigenvalue weighted by molar-refractivity contribution is 5.73. The smallest absolute Gasteiger partial charge is 0.345 e. The summed E-state index contributed by atoms with van der Waals surface area (Å²) in [5.41, 5.74) is 2.21. The van der Waals surface area contributed by atoms with Gasteiger partial charge in [-0.3, -0.25) is 0 Å².